The van der Waals surface area contributed by atoms with E-state index in [2.05, 4.69) is 21.9 Å². The number of carbonyl (C=O) groups excluding carboxylic acids is 4. The smallest absolute Gasteiger partial charge is 0.410 e. The van der Waals surface area contributed by atoms with E-state index in [0.29, 0.717) is 50.5 Å². The first kappa shape index (κ1) is 41.9. The molecule has 2 aromatic carbocycles. The van der Waals surface area contributed by atoms with Crippen LogP contribution >= 0.6 is 0 Å². The van der Waals surface area contributed by atoms with Crippen LogP contribution in [0.15, 0.2) is 36.4 Å². The maximum atomic E-state index is 12.4. The van der Waals surface area contributed by atoms with Crippen molar-refractivity contribution in [3.63, 3.8) is 0 Å². The maximum Gasteiger partial charge on any atom is 0.410 e. The minimum absolute atomic E-state index is 0.0297. The first-order valence-corrected chi connectivity index (χ1v) is 20.7. The van der Waals surface area contributed by atoms with Crippen LogP contribution in [0.25, 0.3) is 0 Å². The van der Waals surface area contributed by atoms with E-state index in [1.54, 1.807) is 9.80 Å². The molecule has 8 rings (SSSR count). The fourth-order valence-electron chi connectivity index (χ4n) is 8.52. The number of ether oxygens (including phenoxy) is 6. The minimum Gasteiger partial charge on any atom is -0.459 e. The summed E-state index contributed by atoms with van der Waals surface area (Å²) in [5, 5.41) is 0. The van der Waals surface area contributed by atoms with E-state index < -0.39 is 11.2 Å². The molecule has 6 heterocycles. The van der Waals surface area contributed by atoms with Gasteiger partial charge in [0.1, 0.15) is 23.4 Å². The van der Waals surface area contributed by atoms with E-state index in [0.717, 1.165) is 61.3 Å². The number of benzene rings is 2. The minimum atomic E-state index is -0.487. The molecule has 0 N–H and O–H groups in total. The summed E-state index contributed by atoms with van der Waals surface area (Å²) in [4.78, 5) is 57.2. The molecule has 2 aromatic rings. The summed E-state index contributed by atoms with van der Waals surface area (Å²) in [5.41, 5.74) is 4.60. The van der Waals surface area contributed by atoms with Crippen molar-refractivity contribution < 1.29 is 47.6 Å². The van der Waals surface area contributed by atoms with Crippen molar-refractivity contribution >= 4 is 24.1 Å². The van der Waals surface area contributed by atoms with Gasteiger partial charge in [-0.3, -0.25) is 9.80 Å². The van der Waals surface area contributed by atoms with Crippen molar-refractivity contribution in [2.24, 2.45) is 0 Å². The van der Waals surface area contributed by atoms with Gasteiger partial charge in [-0.2, -0.15) is 0 Å². The fraction of sp³-hybridized carbons (Fsp3) is 0.636. The standard InChI is InChI=1S/2C22H30N2O5/c2*1-14-9-16-10-15(5-6-18(16)20(25)28-14)19-12-23-7-8-24(11-17(23)13-27-19)21(26)29-22(2,3)4/h2*5-6,10,14,17,19H,7-9,11-13H2,1-4H3/t2*14-,17-,19+/m11/s1. The van der Waals surface area contributed by atoms with Crippen LogP contribution < -0.4 is 0 Å². The van der Waals surface area contributed by atoms with Crippen LogP contribution in [-0.4, -0.2) is 145 Å². The number of morpholine rings is 2. The Hall–Kier alpha value is -4.24. The summed E-state index contributed by atoms with van der Waals surface area (Å²) in [6.07, 6.45) is 0.712. The molecular formula is C44H60N4O10. The van der Waals surface area contributed by atoms with Crippen LogP contribution in [0, 0.1) is 0 Å². The summed E-state index contributed by atoms with van der Waals surface area (Å²) >= 11 is 0. The van der Waals surface area contributed by atoms with Crippen LogP contribution in [0.5, 0.6) is 0 Å². The van der Waals surface area contributed by atoms with Gasteiger partial charge >= 0.3 is 24.1 Å². The number of rotatable bonds is 2. The Labute approximate surface area is 342 Å². The topological polar surface area (TPSA) is 137 Å². The molecule has 0 aliphatic carbocycles. The Kier molecular flexibility index (Phi) is 12.1. The number of cyclic esters (lactones) is 2. The van der Waals surface area contributed by atoms with Crippen LogP contribution in [0.3, 0.4) is 0 Å². The molecule has 6 atom stereocenters. The maximum absolute atomic E-state index is 12.4. The van der Waals surface area contributed by atoms with Gasteiger partial charge in [0.2, 0.25) is 0 Å². The Morgan fingerprint density at radius 3 is 1.38 bits per heavy atom. The predicted molar refractivity (Wildman–Crippen MR) is 214 cm³/mol. The average molecular weight is 805 g/mol. The van der Waals surface area contributed by atoms with Gasteiger partial charge in [0.05, 0.1) is 48.6 Å². The highest BCUT2D eigenvalue weighted by atomic mass is 16.6. The van der Waals surface area contributed by atoms with Gasteiger partial charge in [0.15, 0.2) is 0 Å². The Bertz CT molecular complexity index is 1740. The largest absolute Gasteiger partial charge is 0.459 e. The Balaban J connectivity index is 0.000000177. The zero-order valence-corrected chi connectivity index (χ0v) is 35.3. The number of carbonyl (C=O) groups is 4. The molecule has 4 fully saturated rings. The van der Waals surface area contributed by atoms with Gasteiger partial charge in [0.25, 0.3) is 0 Å². The number of hydrogen-bond donors (Lipinski definition) is 0. The molecule has 14 heteroatoms. The molecule has 2 amide bonds. The second kappa shape index (κ2) is 16.8. The Morgan fingerprint density at radius 2 is 1.00 bits per heavy atom. The molecule has 0 radical (unpaired) electrons. The molecule has 316 valence electrons. The van der Waals surface area contributed by atoms with Crippen LogP contribution in [0.2, 0.25) is 0 Å². The van der Waals surface area contributed by atoms with E-state index in [1.807, 2.05) is 79.7 Å². The molecule has 58 heavy (non-hydrogen) atoms. The molecular weight excluding hydrogens is 745 g/mol. The molecule has 14 nitrogen and oxygen atoms in total. The van der Waals surface area contributed by atoms with Gasteiger partial charge < -0.3 is 38.2 Å². The van der Waals surface area contributed by atoms with E-state index in [4.69, 9.17) is 28.4 Å². The third-order valence-electron chi connectivity index (χ3n) is 11.4. The predicted octanol–water partition coefficient (Wildman–Crippen LogP) is 5.56. The van der Waals surface area contributed by atoms with Crippen LogP contribution in [0.4, 0.5) is 9.59 Å². The highest BCUT2D eigenvalue weighted by Gasteiger charge is 2.39. The lowest BCUT2D eigenvalue weighted by atomic mass is 9.94. The van der Waals surface area contributed by atoms with Crippen LogP contribution in [-0.2, 0) is 41.3 Å². The molecule has 0 spiro atoms. The number of nitrogens with zero attached hydrogens (tertiary/aromatic N) is 4. The van der Waals surface area contributed by atoms with E-state index >= 15 is 0 Å². The molecule has 0 saturated carbocycles. The fourth-order valence-corrected chi connectivity index (χ4v) is 8.52. The SMILES string of the molecule is C[C@@H]1Cc2cc([C@@H]3CN4CCN(C(=O)OC(C)(C)C)C[C@@H]4CO3)ccc2C(=O)O1.C[C@@H]1Cc2cc([C@@H]3CN4CCN(C(=O)OC(C)(C)C)C[C@@H]4CO3)ccc2C(=O)O1. The lowest BCUT2D eigenvalue weighted by Crippen LogP contribution is -2.60. The number of esters is 2. The third-order valence-corrected chi connectivity index (χ3v) is 11.4. The summed E-state index contributed by atoms with van der Waals surface area (Å²) < 4.78 is 34.0. The van der Waals surface area contributed by atoms with Crippen molar-refractivity contribution in [2.45, 2.75) is 116 Å². The number of fused-ring (bicyclic) bond motifs is 4. The van der Waals surface area contributed by atoms with Crippen molar-refractivity contribution in [1.29, 1.82) is 0 Å². The molecule has 0 bridgehead atoms. The molecule has 4 saturated heterocycles. The summed E-state index contributed by atoms with van der Waals surface area (Å²) in [5.74, 6) is -0.485. The van der Waals surface area contributed by atoms with Gasteiger partial charge in [-0.15, -0.1) is 0 Å². The van der Waals surface area contributed by atoms with E-state index in [-0.39, 0.29) is 60.6 Å². The van der Waals surface area contributed by atoms with E-state index in [9.17, 15) is 19.2 Å². The highest BCUT2D eigenvalue weighted by Crippen LogP contribution is 2.33. The summed E-state index contributed by atoms with van der Waals surface area (Å²) in [6.45, 7) is 22.0. The van der Waals surface area contributed by atoms with Gasteiger partial charge in [-0.05, 0) is 89.8 Å². The number of amides is 2. The molecule has 0 aromatic heterocycles. The molecule has 6 aliphatic heterocycles. The van der Waals surface area contributed by atoms with Gasteiger partial charge in [0, 0.05) is 65.2 Å². The Morgan fingerprint density at radius 1 is 0.603 bits per heavy atom. The summed E-state index contributed by atoms with van der Waals surface area (Å²) in [6, 6.07) is 12.2. The zero-order chi connectivity index (χ0) is 41.5. The van der Waals surface area contributed by atoms with Crippen molar-refractivity contribution in [3.8, 4) is 0 Å². The average Bonchev–Trinajstić information content (AvgIpc) is 3.15. The first-order chi connectivity index (χ1) is 27.4. The van der Waals surface area contributed by atoms with Crippen molar-refractivity contribution in [2.75, 3.05) is 65.6 Å². The van der Waals surface area contributed by atoms with Gasteiger partial charge in [-0.1, -0.05) is 24.3 Å². The third kappa shape index (κ3) is 9.95. The van der Waals surface area contributed by atoms with Crippen molar-refractivity contribution in [1.82, 2.24) is 19.6 Å². The van der Waals surface area contributed by atoms with Crippen LogP contribution in [0.1, 0.15) is 111 Å². The number of piperazine rings is 2. The highest BCUT2D eigenvalue weighted by molar-refractivity contribution is 5.93. The second-order valence-corrected chi connectivity index (χ2v) is 18.5. The zero-order valence-electron chi connectivity index (χ0n) is 35.3. The number of hydrogen-bond acceptors (Lipinski definition) is 12. The monoisotopic (exact) mass is 804 g/mol. The van der Waals surface area contributed by atoms with Crippen molar-refractivity contribution in [3.05, 3.63) is 69.8 Å². The second-order valence-electron chi connectivity index (χ2n) is 18.5. The normalized spacial score (nSPS) is 27.7. The molecule has 0 unspecified atom stereocenters. The summed E-state index contributed by atoms with van der Waals surface area (Å²) in [7, 11) is 0. The molecule has 6 aliphatic rings. The lowest BCUT2D eigenvalue weighted by molar-refractivity contribution is -0.0908. The van der Waals surface area contributed by atoms with E-state index in [1.165, 1.54) is 0 Å². The first-order valence-electron chi connectivity index (χ1n) is 20.7. The quantitative estimate of drug-likeness (QED) is 0.278. The lowest BCUT2D eigenvalue weighted by Gasteiger charge is -2.46. The van der Waals surface area contributed by atoms with Gasteiger partial charge in [-0.25, -0.2) is 19.2 Å².